The van der Waals surface area contributed by atoms with Crippen LogP contribution >= 0.6 is 0 Å². The fraction of sp³-hybridized carbons (Fsp3) is 0.188. The molecule has 0 fully saturated rings. The van der Waals surface area contributed by atoms with Crippen LogP contribution in [0.25, 0.3) is 0 Å². The Morgan fingerprint density at radius 3 is 2.58 bits per heavy atom. The number of para-hydroxylation sites is 1. The predicted molar refractivity (Wildman–Crippen MR) is 74.5 cm³/mol. The van der Waals surface area contributed by atoms with E-state index in [1.165, 1.54) is 5.56 Å². The van der Waals surface area contributed by atoms with E-state index in [2.05, 4.69) is 11.4 Å². The van der Waals surface area contributed by atoms with E-state index in [4.69, 9.17) is 4.74 Å². The van der Waals surface area contributed by atoms with Gasteiger partial charge in [0.1, 0.15) is 5.75 Å². The number of benzene rings is 2. The number of carbonyl (C=O) groups excluding carboxylic acids is 1. The molecule has 3 nitrogen and oxygen atoms in total. The summed E-state index contributed by atoms with van der Waals surface area (Å²) >= 11 is 0. The molecule has 0 saturated carbocycles. The van der Waals surface area contributed by atoms with Gasteiger partial charge in [-0.1, -0.05) is 30.3 Å². The molecular formula is C16H15NO2. The van der Waals surface area contributed by atoms with Crippen LogP contribution in [-0.2, 0) is 4.79 Å². The zero-order valence-corrected chi connectivity index (χ0v) is 10.7. The summed E-state index contributed by atoms with van der Waals surface area (Å²) in [6.45, 7) is 0. The number of hydrogen-bond acceptors (Lipinski definition) is 2. The van der Waals surface area contributed by atoms with Crippen LogP contribution in [0.3, 0.4) is 0 Å². The Hall–Kier alpha value is -2.29. The molecule has 0 aromatic heterocycles. The second-order valence-corrected chi connectivity index (χ2v) is 4.67. The van der Waals surface area contributed by atoms with Gasteiger partial charge in [0.2, 0.25) is 5.91 Å². The van der Waals surface area contributed by atoms with Crippen LogP contribution in [-0.4, -0.2) is 13.0 Å². The third-order valence-electron chi connectivity index (χ3n) is 3.52. The lowest BCUT2D eigenvalue weighted by molar-refractivity contribution is -0.116. The minimum atomic E-state index is 0.0690. The van der Waals surface area contributed by atoms with Crippen LogP contribution in [0.2, 0.25) is 0 Å². The molecule has 96 valence electrons. The average molecular weight is 253 g/mol. The largest absolute Gasteiger partial charge is 0.497 e. The fourth-order valence-electron chi connectivity index (χ4n) is 2.54. The lowest BCUT2D eigenvalue weighted by Crippen LogP contribution is -2.23. The van der Waals surface area contributed by atoms with E-state index in [0.717, 1.165) is 17.0 Å². The first kappa shape index (κ1) is 11.8. The van der Waals surface area contributed by atoms with Gasteiger partial charge in [-0.15, -0.1) is 0 Å². The Morgan fingerprint density at radius 1 is 1.11 bits per heavy atom. The highest BCUT2D eigenvalue weighted by molar-refractivity contribution is 5.95. The van der Waals surface area contributed by atoms with Crippen molar-refractivity contribution in [2.24, 2.45) is 0 Å². The predicted octanol–water partition coefficient (Wildman–Crippen LogP) is 3.17. The number of ether oxygens (including phenoxy) is 1. The minimum Gasteiger partial charge on any atom is -0.497 e. The number of methoxy groups -OCH3 is 1. The van der Waals surface area contributed by atoms with E-state index in [1.807, 2.05) is 42.5 Å². The van der Waals surface area contributed by atoms with E-state index in [9.17, 15) is 4.79 Å². The molecular weight excluding hydrogens is 238 g/mol. The summed E-state index contributed by atoms with van der Waals surface area (Å²) in [5.41, 5.74) is 3.23. The highest BCUT2D eigenvalue weighted by Gasteiger charge is 2.25. The van der Waals surface area contributed by atoms with Gasteiger partial charge in [-0.3, -0.25) is 4.79 Å². The van der Waals surface area contributed by atoms with Crippen molar-refractivity contribution in [3.8, 4) is 5.75 Å². The van der Waals surface area contributed by atoms with Crippen LogP contribution in [0.5, 0.6) is 5.75 Å². The summed E-state index contributed by atoms with van der Waals surface area (Å²) in [5.74, 6) is 1.02. The number of anilines is 1. The minimum absolute atomic E-state index is 0.0690. The van der Waals surface area contributed by atoms with Crippen molar-refractivity contribution < 1.29 is 9.53 Å². The molecule has 1 amide bonds. The molecule has 1 N–H and O–H groups in total. The number of rotatable bonds is 2. The lowest BCUT2D eigenvalue weighted by Gasteiger charge is -2.26. The molecule has 2 aromatic carbocycles. The van der Waals surface area contributed by atoms with Crippen molar-refractivity contribution in [3.63, 3.8) is 0 Å². The van der Waals surface area contributed by atoms with Crippen molar-refractivity contribution in [1.82, 2.24) is 0 Å². The van der Waals surface area contributed by atoms with Crippen molar-refractivity contribution in [3.05, 3.63) is 59.7 Å². The van der Waals surface area contributed by atoms with Gasteiger partial charge in [0, 0.05) is 18.0 Å². The Morgan fingerprint density at radius 2 is 1.84 bits per heavy atom. The highest BCUT2D eigenvalue weighted by atomic mass is 16.5. The molecule has 0 saturated heterocycles. The molecule has 3 heteroatoms. The Labute approximate surface area is 112 Å². The number of amides is 1. The Balaban J connectivity index is 2.02. The van der Waals surface area contributed by atoms with Gasteiger partial charge >= 0.3 is 0 Å². The van der Waals surface area contributed by atoms with Gasteiger partial charge in [-0.25, -0.2) is 0 Å². The van der Waals surface area contributed by atoms with E-state index >= 15 is 0 Å². The quantitative estimate of drug-likeness (QED) is 0.892. The van der Waals surface area contributed by atoms with E-state index in [1.54, 1.807) is 7.11 Å². The SMILES string of the molecule is COc1ccc([C@@H]2CC(=O)Nc3ccccc32)cc1. The topological polar surface area (TPSA) is 38.3 Å². The van der Waals surface area contributed by atoms with Crippen molar-refractivity contribution in [2.75, 3.05) is 12.4 Å². The van der Waals surface area contributed by atoms with E-state index < -0.39 is 0 Å². The lowest BCUT2D eigenvalue weighted by atomic mass is 9.85. The molecule has 0 unspecified atom stereocenters. The monoisotopic (exact) mass is 253 g/mol. The highest BCUT2D eigenvalue weighted by Crippen LogP contribution is 2.37. The average Bonchev–Trinajstić information content (AvgIpc) is 2.46. The second kappa shape index (κ2) is 4.76. The summed E-state index contributed by atoms with van der Waals surface area (Å²) in [5, 5.41) is 2.92. The molecule has 0 radical (unpaired) electrons. The first-order valence-electron chi connectivity index (χ1n) is 6.30. The molecule has 1 atom stereocenters. The smallest absolute Gasteiger partial charge is 0.225 e. The normalized spacial score (nSPS) is 17.5. The zero-order valence-electron chi connectivity index (χ0n) is 10.7. The zero-order chi connectivity index (χ0) is 13.2. The standard InChI is InChI=1S/C16H15NO2/c1-19-12-8-6-11(7-9-12)14-10-16(18)17-15-5-3-2-4-13(14)15/h2-9,14H,10H2,1H3,(H,17,18)/t14-/m0/s1. The summed E-state index contributed by atoms with van der Waals surface area (Å²) in [6.07, 6.45) is 0.489. The molecule has 1 aliphatic heterocycles. The number of hydrogen-bond donors (Lipinski definition) is 1. The molecule has 1 heterocycles. The second-order valence-electron chi connectivity index (χ2n) is 4.67. The van der Waals surface area contributed by atoms with Crippen LogP contribution in [0.15, 0.2) is 48.5 Å². The van der Waals surface area contributed by atoms with Gasteiger partial charge in [-0.2, -0.15) is 0 Å². The maximum Gasteiger partial charge on any atom is 0.225 e. The maximum atomic E-state index is 11.8. The van der Waals surface area contributed by atoms with Gasteiger partial charge < -0.3 is 10.1 Å². The van der Waals surface area contributed by atoms with Crippen LogP contribution in [0, 0.1) is 0 Å². The summed E-state index contributed by atoms with van der Waals surface area (Å²) < 4.78 is 5.17. The van der Waals surface area contributed by atoms with Gasteiger partial charge in [-0.05, 0) is 29.3 Å². The molecule has 0 spiro atoms. The molecule has 0 bridgehead atoms. The van der Waals surface area contributed by atoms with Crippen LogP contribution in [0.1, 0.15) is 23.5 Å². The van der Waals surface area contributed by atoms with Gasteiger partial charge in [0.25, 0.3) is 0 Å². The third kappa shape index (κ3) is 2.19. The number of nitrogens with one attached hydrogen (secondary N) is 1. The van der Waals surface area contributed by atoms with E-state index in [-0.39, 0.29) is 11.8 Å². The first-order chi connectivity index (χ1) is 9.28. The van der Waals surface area contributed by atoms with Crippen molar-refractivity contribution >= 4 is 11.6 Å². The fourth-order valence-corrected chi connectivity index (χ4v) is 2.54. The maximum absolute atomic E-state index is 11.8. The summed E-state index contributed by atoms with van der Waals surface area (Å²) in [4.78, 5) is 11.8. The molecule has 19 heavy (non-hydrogen) atoms. The van der Waals surface area contributed by atoms with Crippen LogP contribution < -0.4 is 10.1 Å². The summed E-state index contributed by atoms with van der Waals surface area (Å²) in [6, 6.07) is 15.9. The molecule has 2 aromatic rings. The van der Waals surface area contributed by atoms with E-state index in [0.29, 0.717) is 6.42 Å². The molecule has 0 aliphatic carbocycles. The summed E-state index contributed by atoms with van der Waals surface area (Å²) in [7, 11) is 1.65. The van der Waals surface area contributed by atoms with Crippen LogP contribution in [0.4, 0.5) is 5.69 Å². The van der Waals surface area contributed by atoms with Gasteiger partial charge in [0.15, 0.2) is 0 Å². The van der Waals surface area contributed by atoms with Crippen molar-refractivity contribution in [2.45, 2.75) is 12.3 Å². The van der Waals surface area contributed by atoms with Gasteiger partial charge in [0.05, 0.1) is 7.11 Å². The Bertz CT molecular complexity index is 604. The first-order valence-corrected chi connectivity index (χ1v) is 6.30. The Kier molecular flexibility index (Phi) is 2.95. The number of fused-ring (bicyclic) bond motifs is 1. The number of carbonyl (C=O) groups is 1. The molecule has 1 aliphatic rings. The van der Waals surface area contributed by atoms with Crippen molar-refractivity contribution in [1.29, 1.82) is 0 Å². The third-order valence-corrected chi connectivity index (χ3v) is 3.52. The molecule has 3 rings (SSSR count).